The molecular formula is C19H24N4O. The minimum Gasteiger partial charge on any atom is -0.499 e. The van der Waals surface area contributed by atoms with Crippen LogP contribution in [-0.2, 0) is 4.74 Å². The van der Waals surface area contributed by atoms with Crippen molar-refractivity contribution in [2.45, 2.75) is 26.2 Å². The first-order valence-electron chi connectivity index (χ1n) is 8.29. The summed E-state index contributed by atoms with van der Waals surface area (Å²) in [5, 5.41) is 3.36. The van der Waals surface area contributed by atoms with Crippen LogP contribution in [0.25, 0.3) is 5.70 Å². The number of piperidine rings is 1. The number of ether oxygens (including phenoxy) is 1. The monoisotopic (exact) mass is 324 g/mol. The van der Waals surface area contributed by atoms with Crippen LogP contribution in [0.2, 0.25) is 0 Å². The van der Waals surface area contributed by atoms with Crippen LogP contribution in [0.3, 0.4) is 0 Å². The Morgan fingerprint density at radius 3 is 2.96 bits per heavy atom. The SMILES string of the molecule is CN=C1NCCC/C1=C\C1=CCC(OC)=C(n2cnc(C)c2)C=C1. The maximum absolute atomic E-state index is 5.61. The zero-order valence-electron chi connectivity index (χ0n) is 14.5. The summed E-state index contributed by atoms with van der Waals surface area (Å²) in [6.07, 6.45) is 15.4. The number of nitrogens with one attached hydrogen (secondary N) is 1. The molecule has 5 nitrogen and oxygen atoms in total. The standard InChI is InChI=1S/C19H24N4O/c1-14-12-23(13-22-14)17-8-6-15(7-9-18(17)24-3)11-16-5-4-10-21-19(16)20-2/h6-8,11-13H,4-5,9-10H2,1-3H3,(H,20,21)/b16-11+. The van der Waals surface area contributed by atoms with Gasteiger partial charge in [-0.15, -0.1) is 0 Å². The van der Waals surface area contributed by atoms with Crippen LogP contribution >= 0.6 is 0 Å². The maximum atomic E-state index is 5.61. The molecule has 1 aromatic heterocycles. The zero-order valence-corrected chi connectivity index (χ0v) is 14.5. The first-order chi connectivity index (χ1) is 11.7. The number of allylic oxidation sites excluding steroid dienone is 6. The number of nitrogens with zero attached hydrogens (tertiary/aromatic N) is 3. The summed E-state index contributed by atoms with van der Waals surface area (Å²) >= 11 is 0. The number of imidazole rings is 1. The van der Waals surface area contributed by atoms with Crippen LogP contribution in [-0.4, -0.2) is 36.1 Å². The molecule has 0 aromatic carbocycles. The molecule has 3 rings (SSSR count). The quantitative estimate of drug-likeness (QED) is 0.929. The maximum Gasteiger partial charge on any atom is 0.123 e. The first-order valence-corrected chi connectivity index (χ1v) is 8.29. The lowest BCUT2D eigenvalue weighted by Gasteiger charge is -2.18. The van der Waals surface area contributed by atoms with Gasteiger partial charge < -0.3 is 14.6 Å². The van der Waals surface area contributed by atoms with Gasteiger partial charge in [0.05, 0.1) is 24.8 Å². The third-order valence-corrected chi connectivity index (χ3v) is 4.26. The molecule has 5 heteroatoms. The molecule has 0 spiro atoms. The zero-order chi connectivity index (χ0) is 16.9. The number of hydrogen-bond acceptors (Lipinski definition) is 3. The van der Waals surface area contributed by atoms with Crippen molar-refractivity contribution in [3.8, 4) is 0 Å². The highest BCUT2D eigenvalue weighted by atomic mass is 16.5. The summed E-state index contributed by atoms with van der Waals surface area (Å²) in [7, 11) is 3.56. The molecule has 126 valence electrons. The number of aliphatic imine (C=N–C) groups is 1. The van der Waals surface area contributed by atoms with E-state index in [1.54, 1.807) is 7.11 Å². The van der Waals surface area contributed by atoms with Gasteiger partial charge in [0.2, 0.25) is 0 Å². The van der Waals surface area contributed by atoms with E-state index >= 15 is 0 Å². The molecule has 0 radical (unpaired) electrons. The number of rotatable bonds is 3. The molecular weight excluding hydrogens is 300 g/mol. The highest BCUT2D eigenvalue weighted by Crippen LogP contribution is 2.24. The molecule has 0 unspecified atom stereocenters. The fourth-order valence-corrected chi connectivity index (χ4v) is 3.01. The number of amidine groups is 1. The average molecular weight is 324 g/mol. The molecule has 0 bridgehead atoms. The van der Waals surface area contributed by atoms with Crippen molar-refractivity contribution >= 4 is 11.5 Å². The van der Waals surface area contributed by atoms with Crippen molar-refractivity contribution in [1.29, 1.82) is 0 Å². The van der Waals surface area contributed by atoms with E-state index in [0.29, 0.717) is 0 Å². The topological polar surface area (TPSA) is 51.4 Å². The lowest BCUT2D eigenvalue weighted by atomic mass is 10.0. The van der Waals surface area contributed by atoms with E-state index < -0.39 is 0 Å². The molecule has 2 aliphatic rings. The minimum atomic E-state index is 0.751. The van der Waals surface area contributed by atoms with E-state index in [9.17, 15) is 0 Å². The van der Waals surface area contributed by atoms with Crippen LogP contribution in [0.4, 0.5) is 0 Å². The Morgan fingerprint density at radius 2 is 2.25 bits per heavy atom. The molecule has 1 aliphatic carbocycles. The van der Waals surface area contributed by atoms with Gasteiger partial charge in [-0.25, -0.2) is 4.98 Å². The Morgan fingerprint density at radius 1 is 1.38 bits per heavy atom. The fraction of sp³-hybridized carbons (Fsp3) is 0.368. The first kappa shape index (κ1) is 16.3. The molecule has 2 heterocycles. The Hall–Kier alpha value is -2.56. The number of aryl methyl sites for hydroxylation is 1. The second-order valence-corrected chi connectivity index (χ2v) is 5.95. The summed E-state index contributed by atoms with van der Waals surface area (Å²) in [6.45, 7) is 2.98. The molecule has 1 N–H and O–H groups in total. The van der Waals surface area contributed by atoms with Crippen LogP contribution in [0, 0.1) is 6.92 Å². The van der Waals surface area contributed by atoms with Gasteiger partial charge in [-0.05, 0) is 43.1 Å². The van der Waals surface area contributed by atoms with Crippen molar-refractivity contribution in [1.82, 2.24) is 14.9 Å². The Bertz CT molecular complexity index is 762. The second kappa shape index (κ2) is 7.34. The van der Waals surface area contributed by atoms with E-state index in [1.807, 2.05) is 31.1 Å². The molecule has 1 aromatic rings. The summed E-state index contributed by atoms with van der Waals surface area (Å²) in [4.78, 5) is 8.66. The van der Waals surface area contributed by atoms with Gasteiger partial charge in [-0.2, -0.15) is 0 Å². The summed E-state index contributed by atoms with van der Waals surface area (Å²) < 4.78 is 7.62. The average Bonchev–Trinajstić information content (AvgIpc) is 2.92. The summed E-state index contributed by atoms with van der Waals surface area (Å²) in [6, 6.07) is 0. The number of hydrogen-bond donors (Lipinski definition) is 1. The van der Waals surface area contributed by atoms with E-state index in [0.717, 1.165) is 48.8 Å². The van der Waals surface area contributed by atoms with Gasteiger partial charge in [0.25, 0.3) is 0 Å². The Labute approximate surface area is 143 Å². The fourth-order valence-electron chi connectivity index (χ4n) is 3.01. The Kier molecular flexibility index (Phi) is 4.99. The van der Waals surface area contributed by atoms with Crippen LogP contribution < -0.4 is 5.32 Å². The van der Waals surface area contributed by atoms with E-state index in [1.165, 1.54) is 11.1 Å². The smallest absolute Gasteiger partial charge is 0.123 e. The third kappa shape index (κ3) is 3.50. The van der Waals surface area contributed by atoms with Gasteiger partial charge >= 0.3 is 0 Å². The lowest BCUT2D eigenvalue weighted by Crippen LogP contribution is -2.31. The summed E-state index contributed by atoms with van der Waals surface area (Å²) in [5.74, 6) is 1.94. The van der Waals surface area contributed by atoms with Crippen molar-refractivity contribution < 1.29 is 4.74 Å². The van der Waals surface area contributed by atoms with Gasteiger partial charge in [0, 0.05) is 26.2 Å². The molecule has 1 aliphatic heterocycles. The second-order valence-electron chi connectivity index (χ2n) is 5.95. The largest absolute Gasteiger partial charge is 0.499 e. The number of aromatic nitrogens is 2. The lowest BCUT2D eigenvalue weighted by molar-refractivity contribution is 0.286. The predicted molar refractivity (Wildman–Crippen MR) is 97.7 cm³/mol. The van der Waals surface area contributed by atoms with Crippen LogP contribution in [0.1, 0.15) is 25.0 Å². The normalized spacial score (nSPS) is 21.7. The van der Waals surface area contributed by atoms with E-state index in [2.05, 4.69) is 39.6 Å². The van der Waals surface area contributed by atoms with Gasteiger partial charge in [-0.3, -0.25) is 4.99 Å². The van der Waals surface area contributed by atoms with Crippen molar-refractivity contribution in [3.63, 3.8) is 0 Å². The molecule has 1 fully saturated rings. The van der Waals surface area contributed by atoms with Crippen molar-refractivity contribution in [2.75, 3.05) is 20.7 Å². The third-order valence-electron chi connectivity index (χ3n) is 4.26. The van der Waals surface area contributed by atoms with Gasteiger partial charge in [0.1, 0.15) is 11.6 Å². The molecule has 0 atom stereocenters. The van der Waals surface area contributed by atoms with E-state index in [4.69, 9.17) is 4.74 Å². The van der Waals surface area contributed by atoms with Crippen molar-refractivity contribution in [2.24, 2.45) is 4.99 Å². The van der Waals surface area contributed by atoms with Crippen molar-refractivity contribution in [3.05, 3.63) is 59.4 Å². The summed E-state index contributed by atoms with van der Waals surface area (Å²) in [5.41, 5.74) is 4.45. The van der Waals surface area contributed by atoms with Gasteiger partial charge in [0.15, 0.2) is 0 Å². The molecule has 1 saturated heterocycles. The highest BCUT2D eigenvalue weighted by molar-refractivity contribution is 5.99. The number of methoxy groups -OCH3 is 1. The molecule has 0 saturated carbocycles. The van der Waals surface area contributed by atoms with Gasteiger partial charge in [-0.1, -0.05) is 12.2 Å². The molecule has 24 heavy (non-hydrogen) atoms. The Balaban J connectivity index is 1.88. The predicted octanol–water partition coefficient (Wildman–Crippen LogP) is 3.23. The van der Waals surface area contributed by atoms with Crippen LogP contribution in [0.5, 0.6) is 0 Å². The molecule has 0 amide bonds. The van der Waals surface area contributed by atoms with E-state index in [-0.39, 0.29) is 0 Å². The van der Waals surface area contributed by atoms with Crippen LogP contribution in [0.15, 0.2) is 58.7 Å². The minimum absolute atomic E-state index is 0.751. The highest BCUT2D eigenvalue weighted by Gasteiger charge is 2.14.